The van der Waals surface area contributed by atoms with E-state index < -0.39 is 11.9 Å². The molecule has 27 heavy (non-hydrogen) atoms. The van der Waals surface area contributed by atoms with Gasteiger partial charge in [0.2, 0.25) is 0 Å². The van der Waals surface area contributed by atoms with Crippen LogP contribution >= 0.6 is 11.3 Å². The first-order valence-electron chi connectivity index (χ1n) is 8.85. The fourth-order valence-corrected chi connectivity index (χ4v) is 4.01. The number of fused-ring (bicyclic) bond motifs is 1. The number of amides is 2. The van der Waals surface area contributed by atoms with Gasteiger partial charge in [-0.25, -0.2) is 0 Å². The summed E-state index contributed by atoms with van der Waals surface area (Å²) in [5.41, 5.74) is 3.46. The molecule has 0 fully saturated rings. The van der Waals surface area contributed by atoms with Gasteiger partial charge in [-0.1, -0.05) is 13.0 Å². The molecule has 2 amide bonds. The van der Waals surface area contributed by atoms with E-state index in [0.717, 1.165) is 19.3 Å². The number of anilines is 1. The predicted octanol–water partition coefficient (Wildman–Crippen LogP) is 3.28. The molecule has 1 aliphatic rings. The number of carbonyl (C=O) groups excluding carboxylic acids is 2. The molecule has 0 spiro atoms. The zero-order chi connectivity index (χ0) is 19.6. The van der Waals surface area contributed by atoms with Gasteiger partial charge in [0.1, 0.15) is 5.00 Å². The maximum Gasteiger partial charge on any atom is 0.308 e. The van der Waals surface area contributed by atoms with E-state index in [1.54, 1.807) is 25.4 Å². The first kappa shape index (κ1) is 19.1. The van der Waals surface area contributed by atoms with Crippen LogP contribution in [0.4, 0.5) is 5.00 Å². The molecule has 0 aliphatic heterocycles. The summed E-state index contributed by atoms with van der Waals surface area (Å²) >= 11 is 1.27. The van der Waals surface area contributed by atoms with E-state index in [0.29, 0.717) is 16.1 Å². The summed E-state index contributed by atoms with van der Waals surface area (Å²) in [5.74, 6) is -2.18. The standard InChI is InChI=1S/C20H22N2O4S/c1-12(20(25)26)11-22(2)19(24)16-8-9-27-18(16)21-17(23)15-7-6-13-4-3-5-14(13)10-15/h6-10,12H,3-5,11H2,1-2H3,(H,21,23)(H,25,26). The highest BCUT2D eigenvalue weighted by Crippen LogP contribution is 2.27. The number of nitrogens with zero attached hydrogens (tertiary/aromatic N) is 1. The molecule has 1 aliphatic carbocycles. The molecule has 2 aromatic rings. The summed E-state index contributed by atoms with van der Waals surface area (Å²) < 4.78 is 0. The maximum atomic E-state index is 12.6. The molecule has 1 unspecified atom stereocenters. The Morgan fingerprint density at radius 1 is 1.22 bits per heavy atom. The lowest BCUT2D eigenvalue weighted by molar-refractivity contribution is -0.141. The van der Waals surface area contributed by atoms with Crippen molar-refractivity contribution < 1.29 is 19.5 Å². The Bertz CT molecular complexity index is 890. The minimum Gasteiger partial charge on any atom is -0.481 e. The molecule has 1 atom stereocenters. The lowest BCUT2D eigenvalue weighted by Crippen LogP contribution is -2.34. The van der Waals surface area contributed by atoms with Crippen molar-refractivity contribution in [2.75, 3.05) is 18.9 Å². The number of aryl methyl sites for hydroxylation is 2. The van der Waals surface area contributed by atoms with Crippen LogP contribution in [0.15, 0.2) is 29.6 Å². The minimum absolute atomic E-state index is 0.0994. The Balaban J connectivity index is 1.72. The van der Waals surface area contributed by atoms with Crippen LogP contribution < -0.4 is 5.32 Å². The second-order valence-electron chi connectivity index (χ2n) is 6.88. The first-order chi connectivity index (χ1) is 12.9. The van der Waals surface area contributed by atoms with Crippen molar-refractivity contribution >= 4 is 34.1 Å². The quantitative estimate of drug-likeness (QED) is 0.798. The third kappa shape index (κ3) is 4.19. The second-order valence-corrected chi connectivity index (χ2v) is 7.80. The van der Waals surface area contributed by atoms with Crippen molar-refractivity contribution in [2.45, 2.75) is 26.2 Å². The summed E-state index contributed by atoms with van der Waals surface area (Å²) in [6.45, 7) is 1.65. The van der Waals surface area contributed by atoms with E-state index in [1.165, 1.54) is 27.4 Å². The Morgan fingerprint density at radius 3 is 2.70 bits per heavy atom. The lowest BCUT2D eigenvalue weighted by atomic mass is 10.1. The van der Waals surface area contributed by atoms with E-state index in [1.807, 2.05) is 18.2 Å². The second kappa shape index (κ2) is 7.92. The highest BCUT2D eigenvalue weighted by molar-refractivity contribution is 7.14. The predicted molar refractivity (Wildman–Crippen MR) is 104 cm³/mol. The van der Waals surface area contributed by atoms with Crippen molar-refractivity contribution in [1.82, 2.24) is 4.90 Å². The Kier molecular flexibility index (Phi) is 5.60. The van der Waals surface area contributed by atoms with Gasteiger partial charge in [-0.15, -0.1) is 11.3 Å². The van der Waals surface area contributed by atoms with Gasteiger partial charge < -0.3 is 15.3 Å². The average Bonchev–Trinajstić information content (AvgIpc) is 3.28. The fourth-order valence-electron chi connectivity index (χ4n) is 3.24. The lowest BCUT2D eigenvalue weighted by Gasteiger charge is -2.19. The van der Waals surface area contributed by atoms with Gasteiger partial charge in [-0.05, 0) is 54.0 Å². The van der Waals surface area contributed by atoms with E-state index in [2.05, 4.69) is 5.32 Å². The molecule has 0 saturated heterocycles. The number of aliphatic carboxylic acids is 1. The van der Waals surface area contributed by atoms with E-state index in [9.17, 15) is 14.4 Å². The largest absolute Gasteiger partial charge is 0.481 e. The molecule has 7 heteroatoms. The third-order valence-corrected chi connectivity index (χ3v) is 5.63. The van der Waals surface area contributed by atoms with Crippen LogP contribution in [0, 0.1) is 5.92 Å². The van der Waals surface area contributed by atoms with Gasteiger partial charge >= 0.3 is 5.97 Å². The summed E-state index contributed by atoms with van der Waals surface area (Å²) in [4.78, 5) is 37.6. The van der Waals surface area contributed by atoms with Crippen LogP contribution in [0.2, 0.25) is 0 Å². The van der Waals surface area contributed by atoms with Crippen LogP contribution in [0.1, 0.15) is 45.2 Å². The summed E-state index contributed by atoms with van der Waals surface area (Å²) in [6, 6.07) is 7.38. The average molecular weight is 386 g/mol. The molecule has 1 aromatic carbocycles. The van der Waals surface area contributed by atoms with Crippen molar-refractivity contribution in [3.05, 3.63) is 51.9 Å². The molecule has 3 rings (SSSR count). The number of hydrogen-bond acceptors (Lipinski definition) is 4. The van der Waals surface area contributed by atoms with Crippen LogP contribution in [0.25, 0.3) is 0 Å². The smallest absolute Gasteiger partial charge is 0.308 e. The van der Waals surface area contributed by atoms with Crippen molar-refractivity contribution in [1.29, 1.82) is 0 Å². The number of carboxylic acid groups (broad SMARTS) is 1. The van der Waals surface area contributed by atoms with Gasteiger partial charge in [0.05, 0.1) is 11.5 Å². The van der Waals surface area contributed by atoms with Crippen molar-refractivity contribution in [2.24, 2.45) is 5.92 Å². The third-order valence-electron chi connectivity index (χ3n) is 4.80. The molecule has 142 valence electrons. The number of nitrogens with one attached hydrogen (secondary N) is 1. The number of hydrogen-bond donors (Lipinski definition) is 2. The zero-order valence-corrected chi connectivity index (χ0v) is 16.1. The molecule has 0 radical (unpaired) electrons. The van der Waals surface area contributed by atoms with Gasteiger partial charge in [-0.2, -0.15) is 0 Å². The van der Waals surface area contributed by atoms with Crippen LogP contribution in [-0.2, 0) is 17.6 Å². The molecule has 1 heterocycles. The Hall–Kier alpha value is -2.67. The van der Waals surface area contributed by atoms with Crippen molar-refractivity contribution in [3.63, 3.8) is 0 Å². The molecule has 6 nitrogen and oxygen atoms in total. The number of rotatable bonds is 6. The Labute approximate surface area is 161 Å². The summed E-state index contributed by atoms with van der Waals surface area (Å²) in [6.07, 6.45) is 3.17. The molecule has 0 saturated carbocycles. The minimum atomic E-state index is -0.954. The number of thiophene rings is 1. The van der Waals surface area contributed by atoms with Crippen LogP contribution in [0.3, 0.4) is 0 Å². The van der Waals surface area contributed by atoms with E-state index in [-0.39, 0.29) is 18.4 Å². The van der Waals surface area contributed by atoms with Gasteiger partial charge in [0.15, 0.2) is 0 Å². The van der Waals surface area contributed by atoms with Gasteiger partial charge in [0, 0.05) is 19.2 Å². The maximum absolute atomic E-state index is 12.6. The highest BCUT2D eigenvalue weighted by Gasteiger charge is 2.22. The normalized spacial score (nSPS) is 13.7. The fraction of sp³-hybridized carbons (Fsp3) is 0.350. The van der Waals surface area contributed by atoms with E-state index >= 15 is 0 Å². The Morgan fingerprint density at radius 2 is 1.96 bits per heavy atom. The topological polar surface area (TPSA) is 86.7 Å². The molecule has 0 bridgehead atoms. The molecular weight excluding hydrogens is 364 g/mol. The summed E-state index contributed by atoms with van der Waals surface area (Å²) in [5, 5.41) is 14.1. The summed E-state index contributed by atoms with van der Waals surface area (Å²) in [7, 11) is 1.56. The van der Waals surface area contributed by atoms with Gasteiger partial charge in [-0.3, -0.25) is 14.4 Å². The zero-order valence-electron chi connectivity index (χ0n) is 15.3. The number of carboxylic acids is 1. The van der Waals surface area contributed by atoms with Crippen LogP contribution in [-0.4, -0.2) is 41.4 Å². The molecule has 1 aromatic heterocycles. The SMILES string of the molecule is CC(CN(C)C(=O)c1ccsc1NC(=O)c1ccc2c(c1)CCC2)C(=O)O. The first-order valence-corrected chi connectivity index (χ1v) is 9.73. The number of benzene rings is 1. The van der Waals surface area contributed by atoms with E-state index in [4.69, 9.17) is 5.11 Å². The van der Waals surface area contributed by atoms with Gasteiger partial charge in [0.25, 0.3) is 11.8 Å². The molecule has 2 N–H and O–H groups in total. The number of carbonyl (C=O) groups is 3. The van der Waals surface area contributed by atoms with Crippen molar-refractivity contribution in [3.8, 4) is 0 Å². The van der Waals surface area contributed by atoms with Crippen LogP contribution in [0.5, 0.6) is 0 Å². The highest BCUT2D eigenvalue weighted by atomic mass is 32.1. The monoisotopic (exact) mass is 386 g/mol. The molecular formula is C20H22N2O4S.